The van der Waals surface area contributed by atoms with Gasteiger partial charge in [-0.1, -0.05) is 23.4 Å². The fourth-order valence-electron chi connectivity index (χ4n) is 2.49. The maximum absolute atomic E-state index is 8.36. The third-order valence-corrected chi connectivity index (χ3v) is 3.07. The van der Waals surface area contributed by atoms with Gasteiger partial charge >= 0.3 is 0 Å². The van der Waals surface area contributed by atoms with E-state index in [4.69, 9.17) is 5.21 Å². The molecule has 2 rings (SSSR count). The molecule has 0 aromatic rings. The van der Waals surface area contributed by atoms with Crippen LogP contribution in [0.25, 0.3) is 0 Å². The smallest absolute Gasteiger partial charge is 0.0687 e. The largest absolute Gasteiger partial charge is 0.411 e. The first kappa shape index (κ1) is 8.54. The molecule has 2 aliphatic carbocycles. The van der Waals surface area contributed by atoms with Gasteiger partial charge in [0, 0.05) is 0 Å². The molecule has 0 heterocycles. The van der Waals surface area contributed by atoms with Gasteiger partial charge in [-0.05, 0) is 43.1 Å². The first-order valence-electron chi connectivity index (χ1n) is 4.84. The Hall–Kier alpha value is -1.05. The van der Waals surface area contributed by atoms with Crippen molar-refractivity contribution in [2.24, 2.45) is 22.9 Å². The predicted molar refractivity (Wildman–Crippen MR) is 52.9 cm³/mol. The highest BCUT2D eigenvalue weighted by molar-refractivity contribution is 5.77. The van der Waals surface area contributed by atoms with Crippen LogP contribution in [0.15, 0.2) is 29.0 Å². The quantitative estimate of drug-likeness (QED) is 0.299. The number of hydrogen-bond donors (Lipinski definition) is 1. The van der Waals surface area contributed by atoms with Crippen LogP contribution in [0.1, 0.15) is 19.8 Å². The molecule has 0 spiro atoms. The highest BCUT2D eigenvalue weighted by atomic mass is 16.4. The van der Waals surface area contributed by atoms with E-state index in [9.17, 15) is 0 Å². The first-order chi connectivity index (χ1) is 6.29. The Labute approximate surface area is 78.6 Å². The van der Waals surface area contributed by atoms with Crippen LogP contribution < -0.4 is 0 Å². The summed E-state index contributed by atoms with van der Waals surface area (Å²) in [4.78, 5) is 0. The monoisotopic (exact) mass is 177 g/mol. The lowest BCUT2D eigenvalue weighted by Crippen LogP contribution is -2.04. The molecule has 13 heavy (non-hydrogen) atoms. The minimum absolute atomic E-state index is 0.674. The molecule has 0 aromatic heterocycles. The molecule has 0 aliphatic heterocycles. The van der Waals surface area contributed by atoms with E-state index in [-0.39, 0.29) is 0 Å². The molecular formula is C11H15NO. The molecule has 1 saturated carbocycles. The van der Waals surface area contributed by atoms with Gasteiger partial charge in [0.25, 0.3) is 0 Å². The van der Waals surface area contributed by atoms with E-state index in [2.05, 4.69) is 23.4 Å². The Bertz CT molecular complexity index is 278. The summed E-state index contributed by atoms with van der Waals surface area (Å²) in [5, 5.41) is 11.4. The molecular weight excluding hydrogens is 162 g/mol. The second kappa shape index (κ2) is 3.36. The number of fused-ring (bicyclic) bond motifs is 2. The summed E-state index contributed by atoms with van der Waals surface area (Å²) in [6.45, 7) is 1.98. The minimum atomic E-state index is 0.674. The van der Waals surface area contributed by atoms with Gasteiger partial charge in [0.1, 0.15) is 0 Å². The average molecular weight is 177 g/mol. The molecule has 2 aliphatic rings. The van der Waals surface area contributed by atoms with Crippen LogP contribution in [0.2, 0.25) is 0 Å². The summed E-state index contributed by atoms with van der Waals surface area (Å²) in [5.74, 6) is 2.23. The topological polar surface area (TPSA) is 32.6 Å². The van der Waals surface area contributed by atoms with Crippen LogP contribution in [0, 0.1) is 17.8 Å². The van der Waals surface area contributed by atoms with Crippen molar-refractivity contribution in [1.29, 1.82) is 0 Å². The molecule has 1 fully saturated rings. The van der Waals surface area contributed by atoms with Gasteiger partial charge in [0.05, 0.1) is 6.21 Å². The van der Waals surface area contributed by atoms with Crippen LogP contribution in [-0.4, -0.2) is 11.4 Å². The van der Waals surface area contributed by atoms with Crippen LogP contribution in [0.4, 0.5) is 0 Å². The Morgan fingerprint density at radius 3 is 2.85 bits per heavy atom. The van der Waals surface area contributed by atoms with Crippen molar-refractivity contribution in [3.05, 3.63) is 23.8 Å². The maximum atomic E-state index is 8.36. The molecule has 2 bridgehead atoms. The molecule has 0 amide bonds. The van der Waals surface area contributed by atoms with Crippen molar-refractivity contribution < 1.29 is 5.21 Å². The Balaban J connectivity index is 2.04. The van der Waals surface area contributed by atoms with Crippen molar-refractivity contribution in [3.8, 4) is 0 Å². The normalized spacial score (nSPS) is 37.9. The molecule has 2 nitrogen and oxygen atoms in total. The van der Waals surface area contributed by atoms with Crippen molar-refractivity contribution in [1.82, 2.24) is 0 Å². The summed E-state index contributed by atoms with van der Waals surface area (Å²) in [5.41, 5.74) is 1.06. The second-order valence-electron chi connectivity index (χ2n) is 4.10. The van der Waals surface area contributed by atoms with Crippen LogP contribution in [-0.2, 0) is 0 Å². The molecule has 0 aromatic carbocycles. The van der Waals surface area contributed by atoms with Crippen molar-refractivity contribution in [2.45, 2.75) is 19.8 Å². The predicted octanol–water partition coefficient (Wildman–Crippen LogP) is 2.60. The lowest BCUT2D eigenvalue weighted by molar-refractivity contribution is 0.321. The zero-order valence-corrected chi connectivity index (χ0v) is 7.85. The van der Waals surface area contributed by atoms with E-state index in [0.717, 1.165) is 17.4 Å². The highest BCUT2D eigenvalue weighted by Gasteiger charge is 2.33. The SMILES string of the molecule is CC(/C=N/O)=C\C1CC2C=CC1C2. The fourth-order valence-corrected chi connectivity index (χ4v) is 2.49. The lowest BCUT2D eigenvalue weighted by atomic mass is 9.92. The van der Waals surface area contributed by atoms with E-state index < -0.39 is 0 Å². The summed E-state index contributed by atoms with van der Waals surface area (Å²) in [6, 6.07) is 0. The third-order valence-electron chi connectivity index (χ3n) is 3.07. The highest BCUT2D eigenvalue weighted by Crippen LogP contribution is 2.44. The summed E-state index contributed by atoms with van der Waals surface area (Å²) < 4.78 is 0. The van der Waals surface area contributed by atoms with Gasteiger partial charge in [-0.2, -0.15) is 0 Å². The molecule has 3 atom stereocenters. The molecule has 0 radical (unpaired) electrons. The lowest BCUT2D eigenvalue weighted by Gasteiger charge is -2.13. The number of hydrogen-bond acceptors (Lipinski definition) is 2. The molecule has 2 heteroatoms. The number of nitrogens with zero attached hydrogens (tertiary/aromatic N) is 1. The van der Waals surface area contributed by atoms with Crippen molar-refractivity contribution >= 4 is 6.21 Å². The second-order valence-corrected chi connectivity index (χ2v) is 4.10. The van der Waals surface area contributed by atoms with Crippen molar-refractivity contribution in [3.63, 3.8) is 0 Å². The summed E-state index contributed by atoms with van der Waals surface area (Å²) in [7, 11) is 0. The van der Waals surface area contributed by atoms with Crippen molar-refractivity contribution in [2.75, 3.05) is 0 Å². The van der Waals surface area contributed by atoms with Gasteiger partial charge in [-0.3, -0.25) is 0 Å². The Morgan fingerprint density at radius 1 is 1.46 bits per heavy atom. The van der Waals surface area contributed by atoms with Gasteiger partial charge in [-0.25, -0.2) is 0 Å². The van der Waals surface area contributed by atoms with Gasteiger partial charge in [0.2, 0.25) is 0 Å². The van der Waals surface area contributed by atoms with Crippen LogP contribution >= 0.6 is 0 Å². The molecule has 3 unspecified atom stereocenters. The van der Waals surface area contributed by atoms with E-state index in [1.807, 2.05) is 6.92 Å². The minimum Gasteiger partial charge on any atom is -0.411 e. The van der Waals surface area contributed by atoms with E-state index in [1.165, 1.54) is 19.1 Å². The van der Waals surface area contributed by atoms with E-state index >= 15 is 0 Å². The van der Waals surface area contributed by atoms with Gasteiger partial charge in [-0.15, -0.1) is 0 Å². The van der Waals surface area contributed by atoms with Crippen LogP contribution in [0.3, 0.4) is 0 Å². The van der Waals surface area contributed by atoms with Crippen LogP contribution in [0.5, 0.6) is 0 Å². The van der Waals surface area contributed by atoms with E-state index in [1.54, 1.807) is 0 Å². The molecule has 1 N–H and O–H groups in total. The Kier molecular flexibility index (Phi) is 2.21. The van der Waals surface area contributed by atoms with Gasteiger partial charge < -0.3 is 5.21 Å². The number of rotatable bonds is 2. The standard InChI is InChI=1S/C11H15NO/c1-8(7-12-13)4-11-6-9-2-3-10(11)5-9/h2-4,7,9-11,13H,5-6H2,1H3/b8-4+,12-7+. The fraction of sp³-hybridized carbons (Fsp3) is 0.545. The van der Waals surface area contributed by atoms with Gasteiger partial charge in [0.15, 0.2) is 0 Å². The zero-order chi connectivity index (χ0) is 9.26. The average Bonchev–Trinajstić information content (AvgIpc) is 2.65. The zero-order valence-electron chi connectivity index (χ0n) is 7.85. The summed E-state index contributed by atoms with van der Waals surface area (Å²) >= 11 is 0. The molecule has 70 valence electrons. The number of oxime groups is 1. The maximum Gasteiger partial charge on any atom is 0.0687 e. The first-order valence-corrected chi connectivity index (χ1v) is 4.84. The van der Waals surface area contributed by atoms with E-state index in [0.29, 0.717) is 5.92 Å². The Morgan fingerprint density at radius 2 is 2.31 bits per heavy atom. The summed E-state index contributed by atoms with van der Waals surface area (Å²) in [6.07, 6.45) is 11.0. The number of allylic oxidation sites excluding steroid dienone is 4. The third kappa shape index (κ3) is 1.67. The molecule has 0 saturated heterocycles.